The number of para-hydroxylation sites is 1. The molecule has 0 unspecified atom stereocenters. The first kappa shape index (κ1) is 18.1. The van der Waals surface area contributed by atoms with E-state index in [1.54, 1.807) is 0 Å². The van der Waals surface area contributed by atoms with E-state index >= 15 is 0 Å². The van der Waals surface area contributed by atoms with E-state index in [1.165, 1.54) is 16.8 Å². The molecule has 0 radical (unpaired) electrons. The minimum atomic E-state index is 0.267. The van der Waals surface area contributed by atoms with Crippen molar-refractivity contribution in [2.24, 2.45) is 0 Å². The third-order valence-corrected chi connectivity index (χ3v) is 5.79. The predicted molar refractivity (Wildman–Crippen MR) is 112 cm³/mol. The summed E-state index contributed by atoms with van der Waals surface area (Å²) in [5.41, 5.74) is 5.06. The minimum absolute atomic E-state index is 0.267. The van der Waals surface area contributed by atoms with Gasteiger partial charge in [-0.3, -0.25) is 9.69 Å². The van der Waals surface area contributed by atoms with Crippen molar-refractivity contribution in [2.45, 2.75) is 26.2 Å². The van der Waals surface area contributed by atoms with Crippen LogP contribution in [-0.2, 0) is 11.2 Å². The van der Waals surface area contributed by atoms with Gasteiger partial charge in [-0.05, 0) is 49.1 Å². The number of rotatable bonds is 4. The lowest BCUT2D eigenvalue weighted by molar-refractivity contribution is -0.119. The zero-order valence-corrected chi connectivity index (χ0v) is 16.2. The first-order chi connectivity index (χ1) is 13.2. The molecule has 142 valence electrons. The van der Waals surface area contributed by atoms with Crippen LogP contribution < -0.4 is 9.80 Å². The van der Waals surface area contributed by atoms with Crippen molar-refractivity contribution in [1.82, 2.24) is 4.90 Å². The highest BCUT2D eigenvalue weighted by Gasteiger charge is 2.23. The quantitative estimate of drug-likeness (QED) is 0.832. The lowest BCUT2D eigenvalue weighted by Crippen LogP contribution is -2.47. The van der Waals surface area contributed by atoms with Gasteiger partial charge in [0.1, 0.15) is 0 Å². The summed E-state index contributed by atoms with van der Waals surface area (Å²) in [5.74, 6) is 0.267. The third kappa shape index (κ3) is 4.16. The van der Waals surface area contributed by atoms with Crippen LogP contribution in [0.15, 0.2) is 48.5 Å². The van der Waals surface area contributed by atoms with E-state index in [4.69, 9.17) is 0 Å². The second kappa shape index (κ2) is 8.13. The molecule has 2 aromatic rings. The van der Waals surface area contributed by atoms with Crippen molar-refractivity contribution in [3.63, 3.8) is 0 Å². The van der Waals surface area contributed by atoms with Gasteiger partial charge >= 0.3 is 0 Å². The SMILES string of the molecule is Cc1cccc(N2CCN(CCC(=O)N3CCCc4ccccc43)CC2)c1. The van der Waals surface area contributed by atoms with Gasteiger partial charge in [-0.25, -0.2) is 0 Å². The second-order valence-electron chi connectivity index (χ2n) is 7.70. The minimum Gasteiger partial charge on any atom is -0.369 e. The summed E-state index contributed by atoms with van der Waals surface area (Å²) in [6, 6.07) is 17.1. The molecule has 0 N–H and O–H groups in total. The largest absolute Gasteiger partial charge is 0.369 e. The number of carbonyl (C=O) groups is 1. The molecule has 1 amide bonds. The lowest BCUT2D eigenvalue weighted by Gasteiger charge is -2.36. The zero-order valence-electron chi connectivity index (χ0n) is 16.2. The summed E-state index contributed by atoms with van der Waals surface area (Å²) in [5, 5.41) is 0. The monoisotopic (exact) mass is 363 g/mol. The number of fused-ring (bicyclic) bond motifs is 1. The highest BCUT2D eigenvalue weighted by Crippen LogP contribution is 2.27. The van der Waals surface area contributed by atoms with E-state index < -0.39 is 0 Å². The van der Waals surface area contributed by atoms with E-state index in [-0.39, 0.29) is 5.91 Å². The van der Waals surface area contributed by atoms with Gasteiger partial charge in [-0.1, -0.05) is 30.3 Å². The van der Waals surface area contributed by atoms with Crippen molar-refractivity contribution in [3.8, 4) is 0 Å². The van der Waals surface area contributed by atoms with Crippen LogP contribution in [0.3, 0.4) is 0 Å². The lowest BCUT2D eigenvalue weighted by atomic mass is 10.0. The molecule has 4 rings (SSSR count). The van der Waals surface area contributed by atoms with Gasteiger partial charge in [-0.15, -0.1) is 0 Å². The molecule has 4 heteroatoms. The number of hydrogen-bond acceptors (Lipinski definition) is 3. The van der Waals surface area contributed by atoms with Crippen LogP contribution in [0.1, 0.15) is 24.0 Å². The van der Waals surface area contributed by atoms with Crippen molar-refractivity contribution < 1.29 is 4.79 Å². The van der Waals surface area contributed by atoms with E-state index in [9.17, 15) is 4.79 Å². The van der Waals surface area contributed by atoms with Crippen molar-refractivity contribution in [2.75, 3.05) is 49.1 Å². The highest BCUT2D eigenvalue weighted by molar-refractivity contribution is 5.94. The summed E-state index contributed by atoms with van der Waals surface area (Å²) in [4.78, 5) is 19.7. The molecular weight excluding hydrogens is 334 g/mol. The maximum atomic E-state index is 12.8. The van der Waals surface area contributed by atoms with Crippen LogP contribution in [0, 0.1) is 6.92 Å². The van der Waals surface area contributed by atoms with Crippen LogP contribution in [0.2, 0.25) is 0 Å². The third-order valence-electron chi connectivity index (χ3n) is 5.79. The number of nitrogens with zero attached hydrogens (tertiary/aromatic N) is 3. The Kier molecular flexibility index (Phi) is 5.44. The first-order valence-corrected chi connectivity index (χ1v) is 10.1. The zero-order chi connectivity index (χ0) is 18.6. The molecule has 2 aromatic carbocycles. The molecule has 4 nitrogen and oxygen atoms in total. The van der Waals surface area contributed by atoms with Gasteiger partial charge in [0.05, 0.1) is 0 Å². The molecule has 27 heavy (non-hydrogen) atoms. The highest BCUT2D eigenvalue weighted by atomic mass is 16.2. The Hall–Kier alpha value is -2.33. The van der Waals surface area contributed by atoms with Crippen molar-refractivity contribution in [1.29, 1.82) is 0 Å². The summed E-state index contributed by atoms with van der Waals surface area (Å²) < 4.78 is 0. The molecule has 1 saturated heterocycles. The van der Waals surface area contributed by atoms with Crippen LogP contribution >= 0.6 is 0 Å². The Morgan fingerprint density at radius 3 is 2.59 bits per heavy atom. The smallest absolute Gasteiger partial charge is 0.228 e. The van der Waals surface area contributed by atoms with Gasteiger partial charge in [0.15, 0.2) is 0 Å². The van der Waals surface area contributed by atoms with Gasteiger partial charge in [0, 0.05) is 57.1 Å². The molecule has 0 spiro atoms. The molecule has 0 saturated carbocycles. The molecular formula is C23H29N3O. The molecule has 2 aliphatic heterocycles. The molecule has 2 aliphatic rings. The second-order valence-corrected chi connectivity index (χ2v) is 7.70. The number of carbonyl (C=O) groups excluding carboxylic acids is 1. The van der Waals surface area contributed by atoms with E-state index in [1.807, 2.05) is 11.0 Å². The van der Waals surface area contributed by atoms with E-state index in [0.29, 0.717) is 6.42 Å². The molecule has 2 heterocycles. The number of hydrogen-bond donors (Lipinski definition) is 0. The average Bonchev–Trinajstić information content (AvgIpc) is 2.72. The Balaban J connectivity index is 1.29. The topological polar surface area (TPSA) is 26.8 Å². The Bertz CT molecular complexity index is 796. The number of amides is 1. The van der Waals surface area contributed by atoms with Crippen LogP contribution in [0.4, 0.5) is 11.4 Å². The Morgan fingerprint density at radius 1 is 0.963 bits per heavy atom. The fourth-order valence-corrected chi connectivity index (χ4v) is 4.24. The van der Waals surface area contributed by atoms with Gasteiger partial charge in [-0.2, -0.15) is 0 Å². The van der Waals surface area contributed by atoms with Crippen LogP contribution in [0.5, 0.6) is 0 Å². The first-order valence-electron chi connectivity index (χ1n) is 10.1. The van der Waals surface area contributed by atoms with E-state index in [2.05, 4.69) is 59.2 Å². The van der Waals surface area contributed by atoms with Crippen LogP contribution in [-0.4, -0.2) is 50.1 Å². The molecule has 0 atom stereocenters. The molecule has 0 aromatic heterocycles. The average molecular weight is 364 g/mol. The standard InChI is InChI=1S/C23H29N3O/c1-19-6-4-9-21(18-19)25-16-14-24(15-17-25)13-11-23(27)26-12-5-8-20-7-2-3-10-22(20)26/h2-4,6-7,9-10,18H,5,8,11-17H2,1H3. The maximum Gasteiger partial charge on any atom is 0.228 e. The molecule has 0 bridgehead atoms. The Labute approximate surface area is 162 Å². The van der Waals surface area contributed by atoms with Gasteiger partial charge in [0.2, 0.25) is 5.91 Å². The van der Waals surface area contributed by atoms with E-state index in [0.717, 1.165) is 57.8 Å². The summed E-state index contributed by atoms with van der Waals surface area (Å²) in [6.07, 6.45) is 2.76. The van der Waals surface area contributed by atoms with Gasteiger partial charge in [0.25, 0.3) is 0 Å². The summed E-state index contributed by atoms with van der Waals surface area (Å²) >= 11 is 0. The number of aryl methyl sites for hydroxylation is 2. The fourth-order valence-electron chi connectivity index (χ4n) is 4.24. The van der Waals surface area contributed by atoms with Crippen LogP contribution in [0.25, 0.3) is 0 Å². The molecule has 1 fully saturated rings. The summed E-state index contributed by atoms with van der Waals surface area (Å²) in [7, 11) is 0. The molecule has 0 aliphatic carbocycles. The fraction of sp³-hybridized carbons (Fsp3) is 0.435. The normalized spacial score (nSPS) is 17.7. The maximum absolute atomic E-state index is 12.8. The number of piperazine rings is 1. The van der Waals surface area contributed by atoms with Crippen molar-refractivity contribution in [3.05, 3.63) is 59.7 Å². The number of benzene rings is 2. The van der Waals surface area contributed by atoms with Gasteiger partial charge < -0.3 is 9.80 Å². The summed E-state index contributed by atoms with van der Waals surface area (Å²) in [6.45, 7) is 7.98. The van der Waals surface area contributed by atoms with Crippen molar-refractivity contribution >= 4 is 17.3 Å². The number of anilines is 2. The predicted octanol–water partition coefficient (Wildman–Crippen LogP) is 3.49. The Morgan fingerprint density at radius 2 is 1.78 bits per heavy atom.